The summed E-state index contributed by atoms with van der Waals surface area (Å²) in [6, 6.07) is 1.46. The largest absolute Gasteiger partial charge is 0.508 e. The Morgan fingerprint density at radius 2 is 1.57 bits per heavy atom. The number of phenolic OH excluding ortho intramolecular Hbond substituents is 1. The van der Waals surface area contributed by atoms with Gasteiger partial charge in [0.15, 0.2) is 0 Å². The average Bonchev–Trinajstić information content (AvgIpc) is 2.88. The molecular formula is C14H14F6O3. The van der Waals surface area contributed by atoms with E-state index in [-0.39, 0.29) is 29.7 Å². The lowest BCUT2D eigenvalue weighted by atomic mass is 9.86. The molecule has 0 atom stereocenters. The summed E-state index contributed by atoms with van der Waals surface area (Å²) in [5.41, 5.74) is -5.62. The fourth-order valence-electron chi connectivity index (χ4n) is 2.87. The highest BCUT2D eigenvalue weighted by Crippen LogP contribution is 2.55. The number of halogens is 6. The molecule has 0 fully saturated rings. The van der Waals surface area contributed by atoms with Crippen LogP contribution in [0.3, 0.4) is 0 Å². The van der Waals surface area contributed by atoms with Crippen molar-refractivity contribution in [3.8, 4) is 5.75 Å². The number of phenols is 1. The van der Waals surface area contributed by atoms with Gasteiger partial charge < -0.3 is 14.6 Å². The van der Waals surface area contributed by atoms with Crippen LogP contribution in [0.1, 0.15) is 23.1 Å². The van der Waals surface area contributed by atoms with Gasteiger partial charge in [-0.05, 0) is 36.5 Å². The summed E-state index contributed by atoms with van der Waals surface area (Å²) in [5, 5.41) is 9.68. The fraction of sp³-hybridized carbons (Fsp3) is 0.571. The van der Waals surface area contributed by atoms with Crippen molar-refractivity contribution < 1.29 is 40.9 Å². The van der Waals surface area contributed by atoms with Gasteiger partial charge in [-0.2, -0.15) is 26.3 Å². The lowest BCUT2D eigenvalue weighted by Crippen LogP contribution is -2.56. The van der Waals surface area contributed by atoms with Crippen LogP contribution in [0.5, 0.6) is 5.75 Å². The molecule has 23 heavy (non-hydrogen) atoms. The Labute approximate surface area is 127 Å². The number of methoxy groups -OCH3 is 1. The molecule has 0 bridgehead atoms. The summed E-state index contributed by atoms with van der Waals surface area (Å²) in [4.78, 5) is 0. The number of fused-ring (bicyclic) bond motifs is 1. The van der Waals surface area contributed by atoms with Gasteiger partial charge in [0.1, 0.15) is 12.5 Å². The number of benzene rings is 1. The van der Waals surface area contributed by atoms with Crippen LogP contribution in [0.4, 0.5) is 26.3 Å². The molecule has 1 aliphatic rings. The molecular weight excluding hydrogens is 330 g/mol. The Bertz CT molecular complexity index is 565. The summed E-state index contributed by atoms with van der Waals surface area (Å²) in [6.45, 7) is -1.19. The molecule has 0 radical (unpaired) electrons. The van der Waals surface area contributed by atoms with Crippen LogP contribution in [0.25, 0.3) is 0 Å². The number of hydrogen-bond acceptors (Lipinski definition) is 3. The molecule has 130 valence electrons. The maximum absolute atomic E-state index is 13.5. The molecule has 0 aliphatic heterocycles. The van der Waals surface area contributed by atoms with E-state index >= 15 is 0 Å². The second-order valence-corrected chi connectivity index (χ2v) is 5.17. The number of alkyl halides is 6. The Hall–Kier alpha value is -1.48. The molecule has 0 unspecified atom stereocenters. The van der Waals surface area contributed by atoms with Gasteiger partial charge in [-0.1, -0.05) is 6.07 Å². The van der Waals surface area contributed by atoms with Crippen molar-refractivity contribution >= 4 is 0 Å². The van der Waals surface area contributed by atoms with Crippen LogP contribution in [0.2, 0.25) is 0 Å². The molecule has 1 N–H and O–H groups in total. The third kappa shape index (κ3) is 2.76. The van der Waals surface area contributed by atoms with Crippen LogP contribution >= 0.6 is 0 Å². The zero-order chi connectivity index (χ0) is 17.5. The molecule has 9 heteroatoms. The molecule has 0 spiro atoms. The van der Waals surface area contributed by atoms with Gasteiger partial charge in [0.2, 0.25) is 0 Å². The van der Waals surface area contributed by atoms with E-state index in [1.54, 1.807) is 0 Å². The Kier molecular flexibility index (Phi) is 4.55. The second kappa shape index (κ2) is 5.86. The Morgan fingerprint density at radius 1 is 1.00 bits per heavy atom. The molecule has 0 amide bonds. The molecule has 1 aromatic carbocycles. The van der Waals surface area contributed by atoms with E-state index in [0.29, 0.717) is 12.5 Å². The molecule has 0 saturated carbocycles. The molecule has 1 aromatic rings. The SMILES string of the molecule is COCOC(c1ccc(O)c2c1CCC2)(C(F)(F)F)C(F)(F)F. The van der Waals surface area contributed by atoms with Crippen LogP contribution in [-0.4, -0.2) is 31.4 Å². The zero-order valence-corrected chi connectivity index (χ0v) is 12.0. The van der Waals surface area contributed by atoms with Crippen LogP contribution in [0, 0.1) is 0 Å². The van der Waals surface area contributed by atoms with E-state index in [9.17, 15) is 31.4 Å². The lowest BCUT2D eigenvalue weighted by molar-refractivity contribution is -0.400. The Morgan fingerprint density at radius 3 is 2.09 bits per heavy atom. The van der Waals surface area contributed by atoms with Gasteiger partial charge in [-0.3, -0.25) is 0 Å². The topological polar surface area (TPSA) is 38.7 Å². The predicted molar refractivity (Wildman–Crippen MR) is 66.9 cm³/mol. The maximum Gasteiger partial charge on any atom is 0.430 e. The van der Waals surface area contributed by atoms with Gasteiger partial charge >= 0.3 is 12.4 Å². The monoisotopic (exact) mass is 344 g/mol. The van der Waals surface area contributed by atoms with Crippen molar-refractivity contribution in [1.82, 2.24) is 0 Å². The highest BCUT2D eigenvalue weighted by Gasteiger charge is 2.74. The molecule has 0 heterocycles. The van der Waals surface area contributed by atoms with Gasteiger partial charge in [-0.25, -0.2) is 0 Å². The summed E-state index contributed by atoms with van der Waals surface area (Å²) in [7, 11) is 0.929. The highest BCUT2D eigenvalue weighted by molar-refractivity contribution is 5.50. The first-order valence-electron chi connectivity index (χ1n) is 6.67. The first-order valence-corrected chi connectivity index (χ1v) is 6.67. The van der Waals surface area contributed by atoms with Crippen molar-refractivity contribution in [2.24, 2.45) is 0 Å². The van der Waals surface area contributed by atoms with Crippen molar-refractivity contribution in [3.63, 3.8) is 0 Å². The summed E-state index contributed by atoms with van der Waals surface area (Å²) in [5.74, 6) is -0.314. The van der Waals surface area contributed by atoms with E-state index < -0.39 is 30.3 Å². The minimum Gasteiger partial charge on any atom is -0.508 e. The van der Waals surface area contributed by atoms with Gasteiger partial charge in [0.05, 0.1) is 0 Å². The average molecular weight is 344 g/mol. The normalized spacial score (nSPS) is 15.8. The molecule has 0 saturated heterocycles. The zero-order valence-electron chi connectivity index (χ0n) is 12.0. The highest BCUT2D eigenvalue weighted by atomic mass is 19.4. The first-order chi connectivity index (χ1) is 10.6. The standard InChI is InChI=1S/C14H14F6O3/c1-22-7-23-12(13(15,16)17,14(18,19)20)10-5-6-11(21)9-4-2-3-8(9)10/h5-6,21H,2-4,7H2,1H3. The molecule has 3 nitrogen and oxygen atoms in total. The van der Waals surface area contributed by atoms with E-state index in [1.165, 1.54) is 0 Å². The van der Waals surface area contributed by atoms with Crippen molar-refractivity contribution in [2.45, 2.75) is 37.2 Å². The summed E-state index contributed by atoms with van der Waals surface area (Å²) < 4.78 is 89.4. The van der Waals surface area contributed by atoms with Crippen molar-refractivity contribution in [1.29, 1.82) is 0 Å². The van der Waals surface area contributed by atoms with Gasteiger partial charge in [0, 0.05) is 12.7 Å². The Balaban J connectivity index is 2.75. The minimum atomic E-state index is -5.75. The second-order valence-electron chi connectivity index (χ2n) is 5.17. The van der Waals surface area contributed by atoms with Crippen LogP contribution in [0.15, 0.2) is 12.1 Å². The van der Waals surface area contributed by atoms with E-state index in [4.69, 9.17) is 0 Å². The smallest absolute Gasteiger partial charge is 0.430 e. The third-order valence-electron chi connectivity index (χ3n) is 3.83. The predicted octanol–water partition coefficient (Wildman–Crippen LogP) is 3.82. The lowest BCUT2D eigenvalue weighted by Gasteiger charge is -2.38. The molecule has 0 aromatic heterocycles. The quantitative estimate of drug-likeness (QED) is 0.667. The maximum atomic E-state index is 13.5. The van der Waals surface area contributed by atoms with E-state index in [2.05, 4.69) is 9.47 Å². The summed E-state index contributed by atoms with van der Waals surface area (Å²) >= 11 is 0. The molecule has 1 aliphatic carbocycles. The summed E-state index contributed by atoms with van der Waals surface area (Å²) in [6.07, 6.45) is -10.9. The minimum absolute atomic E-state index is 0.00329. The van der Waals surface area contributed by atoms with Gasteiger partial charge in [-0.15, -0.1) is 0 Å². The fourth-order valence-corrected chi connectivity index (χ4v) is 2.87. The number of ether oxygens (including phenoxy) is 2. The number of hydrogen-bond donors (Lipinski definition) is 1. The third-order valence-corrected chi connectivity index (χ3v) is 3.83. The number of rotatable bonds is 4. The van der Waals surface area contributed by atoms with Crippen molar-refractivity contribution in [2.75, 3.05) is 13.9 Å². The number of aromatic hydroxyl groups is 1. The van der Waals surface area contributed by atoms with Gasteiger partial charge in [0.25, 0.3) is 5.60 Å². The first kappa shape index (κ1) is 17.9. The van der Waals surface area contributed by atoms with Crippen LogP contribution in [-0.2, 0) is 27.9 Å². The van der Waals surface area contributed by atoms with E-state index in [0.717, 1.165) is 13.2 Å². The molecule has 2 rings (SSSR count). The van der Waals surface area contributed by atoms with Crippen LogP contribution < -0.4 is 0 Å². The van der Waals surface area contributed by atoms with Crippen molar-refractivity contribution in [3.05, 3.63) is 28.8 Å². The van der Waals surface area contributed by atoms with E-state index in [1.807, 2.05) is 0 Å².